The van der Waals surface area contributed by atoms with Crippen molar-refractivity contribution in [2.75, 3.05) is 18.5 Å². The third-order valence-corrected chi connectivity index (χ3v) is 4.47. The van der Waals surface area contributed by atoms with E-state index in [0.29, 0.717) is 46.9 Å². The first-order valence-electron chi connectivity index (χ1n) is 9.93. The van der Waals surface area contributed by atoms with Crippen molar-refractivity contribution in [2.24, 2.45) is 0 Å². The number of nitrogens with zero attached hydrogens (tertiary/aromatic N) is 2. The number of ether oxygens (including phenoxy) is 2. The quantitative estimate of drug-likeness (QED) is 0.498. The van der Waals surface area contributed by atoms with Crippen molar-refractivity contribution in [1.82, 2.24) is 0 Å². The number of carbonyl (C=O) groups is 1. The highest BCUT2D eigenvalue weighted by Gasteiger charge is 2.12. The molecule has 3 aromatic carbocycles. The Balaban J connectivity index is 1.76. The minimum absolute atomic E-state index is 0.000912. The smallest absolute Gasteiger partial charge is 0.255 e. The standard InChI is InChI=1S/C25H21N3O4/c26-15-18-2-4-20(5-3-18)17-32-24-13-21(12-23(14-24)31-11-1-10-29)25(30)28-22-8-6-19(16-27)7-9-22/h2-9,12-14,29H,1,10-11,17H2,(H,28,30). The predicted molar refractivity (Wildman–Crippen MR) is 118 cm³/mol. The summed E-state index contributed by atoms with van der Waals surface area (Å²) in [7, 11) is 0. The highest BCUT2D eigenvalue weighted by atomic mass is 16.5. The van der Waals surface area contributed by atoms with Gasteiger partial charge in [-0.2, -0.15) is 10.5 Å². The van der Waals surface area contributed by atoms with Gasteiger partial charge >= 0.3 is 0 Å². The van der Waals surface area contributed by atoms with Gasteiger partial charge in [0.15, 0.2) is 0 Å². The number of anilines is 1. The lowest BCUT2D eigenvalue weighted by atomic mass is 10.1. The fraction of sp³-hybridized carbons (Fsp3) is 0.160. The van der Waals surface area contributed by atoms with Gasteiger partial charge < -0.3 is 19.9 Å². The SMILES string of the molecule is N#Cc1ccc(COc2cc(OCCCO)cc(C(=O)Nc3ccc(C#N)cc3)c2)cc1. The van der Waals surface area contributed by atoms with Gasteiger partial charge in [-0.15, -0.1) is 0 Å². The molecule has 0 aromatic heterocycles. The molecule has 32 heavy (non-hydrogen) atoms. The molecule has 3 rings (SSSR count). The van der Waals surface area contributed by atoms with Crippen molar-refractivity contribution in [1.29, 1.82) is 10.5 Å². The molecule has 160 valence electrons. The van der Waals surface area contributed by atoms with Crippen LogP contribution in [-0.2, 0) is 6.61 Å². The number of hydrogen-bond acceptors (Lipinski definition) is 6. The van der Waals surface area contributed by atoms with Crippen LogP contribution in [0, 0.1) is 22.7 Å². The average molecular weight is 427 g/mol. The van der Waals surface area contributed by atoms with Crippen molar-refractivity contribution in [3.05, 3.63) is 89.0 Å². The van der Waals surface area contributed by atoms with Crippen LogP contribution >= 0.6 is 0 Å². The van der Waals surface area contributed by atoms with E-state index in [0.717, 1.165) is 5.56 Å². The van der Waals surface area contributed by atoms with Gasteiger partial charge in [-0.3, -0.25) is 4.79 Å². The second-order valence-corrected chi connectivity index (χ2v) is 6.86. The van der Waals surface area contributed by atoms with Crippen LogP contribution < -0.4 is 14.8 Å². The number of aliphatic hydroxyl groups excluding tert-OH is 1. The van der Waals surface area contributed by atoms with Gasteiger partial charge in [-0.25, -0.2) is 0 Å². The largest absolute Gasteiger partial charge is 0.493 e. The second kappa shape index (κ2) is 11.2. The molecule has 0 atom stereocenters. The molecule has 2 N–H and O–H groups in total. The Hall–Kier alpha value is -4.33. The van der Waals surface area contributed by atoms with E-state index in [2.05, 4.69) is 11.4 Å². The summed E-state index contributed by atoms with van der Waals surface area (Å²) < 4.78 is 11.5. The van der Waals surface area contributed by atoms with Crippen LogP contribution in [0.2, 0.25) is 0 Å². The van der Waals surface area contributed by atoms with Gasteiger partial charge in [-0.05, 0) is 54.1 Å². The van der Waals surface area contributed by atoms with Gasteiger partial charge in [0.1, 0.15) is 18.1 Å². The molecule has 1 amide bonds. The Morgan fingerprint density at radius 2 is 1.47 bits per heavy atom. The summed E-state index contributed by atoms with van der Waals surface area (Å²) in [5.41, 5.74) is 2.83. The van der Waals surface area contributed by atoms with E-state index in [4.69, 9.17) is 25.1 Å². The van der Waals surface area contributed by atoms with Crippen molar-refractivity contribution in [3.63, 3.8) is 0 Å². The molecule has 0 aliphatic carbocycles. The van der Waals surface area contributed by atoms with Crippen LogP contribution in [0.5, 0.6) is 11.5 Å². The number of benzene rings is 3. The van der Waals surface area contributed by atoms with Gasteiger partial charge in [0.2, 0.25) is 0 Å². The van der Waals surface area contributed by atoms with Gasteiger partial charge in [-0.1, -0.05) is 12.1 Å². The second-order valence-electron chi connectivity index (χ2n) is 6.86. The lowest BCUT2D eigenvalue weighted by Gasteiger charge is -2.13. The first-order chi connectivity index (χ1) is 15.6. The molecule has 0 unspecified atom stereocenters. The number of carbonyl (C=O) groups excluding carboxylic acids is 1. The number of nitriles is 2. The molecule has 0 saturated carbocycles. The Kier molecular flexibility index (Phi) is 7.80. The molecule has 0 aliphatic rings. The Labute approximate surface area is 186 Å². The third kappa shape index (κ3) is 6.33. The van der Waals surface area contributed by atoms with E-state index in [1.54, 1.807) is 66.7 Å². The summed E-state index contributed by atoms with van der Waals surface area (Å²) >= 11 is 0. The maximum absolute atomic E-state index is 12.8. The minimum atomic E-state index is -0.356. The fourth-order valence-electron chi connectivity index (χ4n) is 2.80. The van der Waals surface area contributed by atoms with Crippen LogP contribution in [-0.4, -0.2) is 24.2 Å². The molecular weight excluding hydrogens is 406 g/mol. The van der Waals surface area contributed by atoms with E-state index in [1.165, 1.54) is 0 Å². The molecule has 0 spiro atoms. The average Bonchev–Trinajstić information content (AvgIpc) is 2.83. The third-order valence-electron chi connectivity index (χ3n) is 4.47. The molecule has 0 heterocycles. The number of nitrogens with one attached hydrogen (secondary N) is 1. The molecule has 7 nitrogen and oxygen atoms in total. The maximum Gasteiger partial charge on any atom is 0.255 e. The lowest BCUT2D eigenvalue weighted by Crippen LogP contribution is -2.12. The first-order valence-corrected chi connectivity index (χ1v) is 9.93. The van der Waals surface area contributed by atoms with Crippen LogP contribution in [0.4, 0.5) is 5.69 Å². The van der Waals surface area contributed by atoms with Crippen LogP contribution in [0.15, 0.2) is 66.7 Å². The Morgan fingerprint density at radius 3 is 2.06 bits per heavy atom. The summed E-state index contributed by atoms with van der Waals surface area (Å²) in [6.45, 7) is 0.551. The molecule has 0 bridgehead atoms. The summed E-state index contributed by atoms with van der Waals surface area (Å²) in [5.74, 6) is 0.534. The summed E-state index contributed by atoms with van der Waals surface area (Å²) in [6, 6.07) is 22.6. The van der Waals surface area contributed by atoms with Crippen molar-refractivity contribution in [2.45, 2.75) is 13.0 Å². The van der Waals surface area contributed by atoms with Crippen LogP contribution in [0.3, 0.4) is 0 Å². The van der Waals surface area contributed by atoms with Gasteiger partial charge in [0.25, 0.3) is 5.91 Å². The number of amides is 1. The summed E-state index contributed by atoms with van der Waals surface area (Å²) in [4.78, 5) is 12.8. The van der Waals surface area contributed by atoms with Crippen molar-refractivity contribution in [3.8, 4) is 23.6 Å². The lowest BCUT2D eigenvalue weighted by molar-refractivity contribution is 0.102. The maximum atomic E-state index is 12.8. The van der Waals surface area contributed by atoms with E-state index in [-0.39, 0.29) is 19.1 Å². The zero-order valence-electron chi connectivity index (χ0n) is 17.2. The highest BCUT2D eigenvalue weighted by molar-refractivity contribution is 6.04. The van der Waals surface area contributed by atoms with E-state index in [1.807, 2.05) is 6.07 Å². The predicted octanol–water partition coefficient (Wildman–Crippen LogP) is 4.02. The molecule has 0 saturated heterocycles. The van der Waals surface area contributed by atoms with E-state index in [9.17, 15) is 4.79 Å². The minimum Gasteiger partial charge on any atom is -0.493 e. The van der Waals surface area contributed by atoms with Crippen LogP contribution in [0.25, 0.3) is 0 Å². The number of aliphatic hydroxyl groups is 1. The highest BCUT2D eigenvalue weighted by Crippen LogP contribution is 2.25. The molecule has 0 aliphatic heterocycles. The molecule has 0 radical (unpaired) electrons. The topological polar surface area (TPSA) is 115 Å². The molecule has 3 aromatic rings. The van der Waals surface area contributed by atoms with Crippen LogP contribution in [0.1, 0.15) is 33.5 Å². The zero-order chi connectivity index (χ0) is 22.8. The number of hydrogen-bond donors (Lipinski definition) is 2. The monoisotopic (exact) mass is 427 g/mol. The van der Waals surface area contributed by atoms with E-state index >= 15 is 0 Å². The van der Waals surface area contributed by atoms with Gasteiger partial charge in [0, 0.05) is 30.3 Å². The first kappa shape index (κ1) is 22.4. The fourth-order valence-corrected chi connectivity index (χ4v) is 2.80. The molecule has 0 fully saturated rings. The van der Waals surface area contributed by atoms with Crippen molar-refractivity contribution < 1.29 is 19.4 Å². The number of rotatable bonds is 9. The Bertz CT molecular complexity index is 1140. The Morgan fingerprint density at radius 1 is 0.875 bits per heavy atom. The summed E-state index contributed by atoms with van der Waals surface area (Å²) in [6.07, 6.45) is 0.461. The van der Waals surface area contributed by atoms with E-state index < -0.39 is 0 Å². The molecular formula is C25H21N3O4. The normalized spacial score (nSPS) is 9.97. The van der Waals surface area contributed by atoms with Gasteiger partial charge in [0.05, 0.1) is 29.9 Å². The molecule has 7 heteroatoms. The summed E-state index contributed by atoms with van der Waals surface area (Å²) in [5, 5.41) is 29.6. The van der Waals surface area contributed by atoms with Crippen molar-refractivity contribution >= 4 is 11.6 Å². The zero-order valence-corrected chi connectivity index (χ0v) is 17.2.